The summed E-state index contributed by atoms with van der Waals surface area (Å²) in [6.07, 6.45) is 2.94. The lowest BCUT2D eigenvalue weighted by molar-refractivity contribution is -0.117. The fourth-order valence-electron chi connectivity index (χ4n) is 2.68. The van der Waals surface area contributed by atoms with E-state index in [9.17, 15) is 4.79 Å². The fourth-order valence-corrected chi connectivity index (χ4v) is 2.68. The van der Waals surface area contributed by atoms with Crippen molar-refractivity contribution in [3.8, 4) is 11.5 Å². The number of Topliss-reactive ketones (excluding diaryl/α,β-unsaturated/α-hetero) is 1. The highest BCUT2D eigenvalue weighted by Gasteiger charge is 2.18. The Morgan fingerprint density at radius 2 is 2.18 bits per heavy atom. The Bertz CT molecular complexity index is 493. The van der Waals surface area contributed by atoms with Crippen molar-refractivity contribution in [2.45, 2.75) is 52.1 Å². The number of carbonyl (C=O) groups excluding carboxylic acids is 1. The summed E-state index contributed by atoms with van der Waals surface area (Å²) in [6.45, 7) is 8.12. The van der Waals surface area contributed by atoms with Gasteiger partial charge in [0.1, 0.15) is 5.78 Å². The number of ketones is 1. The predicted molar refractivity (Wildman–Crippen MR) is 87.8 cm³/mol. The molecule has 1 heterocycles. The van der Waals surface area contributed by atoms with E-state index >= 15 is 0 Å². The van der Waals surface area contributed by atoms with Gasteiger partial charge >= 0.3 is 0 Å². The molecule has 0 aromatic heterocycles. The molecule has 0 radical (unpaired) electrons. The summed E-state index contributed by atoms with van der Waals surface area (Å²) in [4.78, 5) is 11.0. The van der Waals surface area contributed by atoms with E-state index in [0.717, 1.165) is 24.6 Å². The van der Waals surface area contributed by atoms with Gasteiger partial charge in [0.15, 0.2) is 11.5 Å². The molecule has 2 rings (SSSR count). The number of carbonyl (C=O) groups is 1. The fraction of sp³-hybridized carbons (Fsp3) is 0.611. The van der Waals surface area contributed by atoms with E-state index in [1.807, 2.05) is 19.9 Å². The molecule has 0 amide bonds. The van der Waals surface area contributed by atoms with Gasteiger partial charge in [-0.1, -0.05) is 6.07 Å². The number of piperidine rings is 1. The molecule has 0 bridgehead atoms. The molecule has 1 fully saturated rings. The molecule has 122 valence electrons. The van der Waals surface area contributed by atoms with Gasteiger partial charge in [-0.25, -0.2) is 0 Å². The van der Waals surface area contributed by atoms with Gasteiger partial charge in [-0.3, -0.25) is 4.79 Å². The third kappa shape index (κ3) is 5.02. The van der Waals surface area contributed by atoms with Gasteiger partial charge in [-0.05, 0) is 63.8 Å². The summed E-state index contributed by atoms with van der Waals surface area (Å²) in [5, 5.41) is 3.45. The summed E-state index contributed by atoms with van der Waals surface area (Å²) >= 11 is 0. The van der Waals surface area contributed by atoms with Crippen LogP contribution in [0, 0.1) is 0 Å². The quantitative estimate of drug-likeness (QED) is 0.839. The van der Waals surface area contributed by atoms with Crippen molar-refractivity contribution >= 4 is 5.78 Å². The molecule has 4 heteroatoms. The van der Waals surface area contributed by atoms with Crippen molar-refractivity contribution in [3.05, 3.63) is 23.8 Å². The summed E-state index contributed by atoms with van der Waals surface area (Å²) < 4.78 is 11.6. The van der Waals surface area contributed by atoms with Crippen molar-refractivity contribution in [2.24, 2.45) is 0 Å². The highest BCUT2D eigenvalue weighted by Crippen LogP contribution is 2.34. The van der Waals surface area contributed by atoms with Gasteiger partial charge in [0, 0.05) is 13.0 Å². The molecule has 0 saturated carbocycles. The third-order valence-corrected chi connectivity index (χ3v) is 3.81. The zero-order valence-electron chi connectivity index (χ0n) is 13.9. The van der Waals surface area contributed by atoms with Crippen LogP contribution in [0.4, 0.5) is 0 Å². The van der Waals surface area contributed by atoms with E-state index in [0.29, 0.717) is 18.9 Å². The molecule has 1 unspecified atom stereocenters. The maximum Gasteiger partial charge on any atom is 0.161 e. The normalized spacial score (nSPS) is 18.3. The highest BCUT2D eigenvalue weighted by atomic mass is 16.5. The van der Waals surface area contributed by atoms with Crippen LogP contribution in [-0.2, 0) is 4.79 Å². The van der Waals surface area contributed by atoms with E-state index < -0.39 is 0 Å². The predicted octanol–water partition coefficient (Wildman–Crippen LogP) is 3.30. The van der Waals surface area contributed by atoms with Crippen molar-refractivity contribution in [1.29, 1.82) is 0 Å². The lowest BCUT2D eigenvalue weighted by Crippen LogP contribution is -2.28. The monoisotopic (exact) mass is 305 g/mol. The van der Waals surface area contributed by atoms with Gasteiger partial charge in [0.05, 0.1) is 12.7 Å². The minimum absolute atomic E-state index is 0.0925. The van der Waals surface area contributed by atoms with Crippen LogP contribution in [0.1, 0.15) is 51.5 Å². The van der Waals surface area contributed by atoms with Crippen LogP contribution in [0.5, 0.6) is 11.5 Å². The standard InChI is InChI=1S/C18H27NO3/c1-13(2)22-18-11-15(16-5-4-9-19-12-16)6-7-17(18)21-10-8-14(3)20/h6-7,11,13,16,19H,4-5,8-10,12H2,1-3H3. The van der Waals surface area contributed by atoms with Crippen LogP contribution in [0.15, 0.2) is 18.2 Å². The maximum absolute atomic E-state index is 11.0. The second-order valence-corrected chi connectivity index (χ2v) is 6.22. The van der Waals surface area contributed by atoms with Crippen LogP contribution < -0.4 is 14.8 Å². The summed E-state index contributed by atoms with van der Waals surface area (Å²) in [5.74, 6) is 2.18. The first-order valence-corrected chi connectivity index (χ1v) is 8.20. The number of hydrogen-bond donors (Lipinski definition) is 1. The lowest BCUT2D eigenvalue weighted by atomic mass is 9.91. The number of rotatable bonds is 7. The number of ether oxygens (including phenoxy) is 2. The minimum atomic E-state index is 0.0925. The average molecular weight is 305 g/mol. The number of nitrogens with one attached hydrogen (secondary N) is 1. The van der Waals surface area contributed by atoms with Crippen molar-refractivity contribution in [2.75, 3.05) is 19.7 Å². The summed E-state index contributed by atoms with van der Waals surface area (Å²) in [5.41, 5.74) is 1.29. The van der Waals surface area contributed by atoms with Gasteiger partial charge < -0.3 is 14.8 Å². The largest absolute Gasteiger partial charge is 0.489 e. The Hall–Kier alpha value is -1.55. The first-order chi connectivity index (χ1) is 10.6. The van der Waals surface area contributed by atoms with Crippen LogP contribution >= 0.6 is 0 Å². The Morgan fingerprint density at radius 3 is 2.82 bits per heavy atom. The van der Waals surface area contributed by atoms with Gasteiger partial charge in [-0.2, -0.15) is 0 Å². The smallest absolute Gasteiger partial charge is 0.161 e. The van der Waals surface area contributed by atoms with E-state index in [1.165, 1.54) is 18.4 Å². The molecular weight excluding hydrogens is 278 g/mol. The first kappa shape index (κ1) is 16.8. The van der Waals surface area contributed by atoms with Crippen molar-refractivity contribution in [3.63, 3.8) is 0 Å². The Morgan fingerprint density at radius 1 is 1.36 bits per heavy atom. The molecule has 0 spiro atoms. The van der Waals surface area contributed by atoms with Gasteiger partial charge in [-0.15, -0.1) is 0 Å². The molecule has 0 aliphatic carbocycles. The zero-order chi connectivity index (χ0) is 15.9. The minimum Gasteiger partial charge on any atom is -0.489 e. The van der Waals surface area contributed by atoms with Crippen LogP contribution in [0.25, 0.3) is 0 Å². The SMILES string of the molecule is CC(=O)CCOc1ccc(C2CCCNC2)cc1OC(C)C. The number of hydrogen-bond acceptors (Lipinski definition) is 4. The topological polar surface area (TPSA) is 47.6 Å². The third-order valence-electron chi connectivity index (χ3n) is 3.81. The van der Waals surface area contributed by atoms with Crippen LogP contribution in [-0.4, -0.2) is 31.6 Å². The molecule has 1 aliphatic heterocycles. The van der Waals surface area contributed by atoms with E-state index in [4.69, 9.17) is 9.47 Å². The van der Waals surface area contributed by atoms with Gasteiger partial charge in [0.2, 0.25) is 0 Å². The average Bonchev–Trinajstić information content (AvgIpc) is 2.48. The Balaban J connectivity index is 2.12. The van der Waals surface area contributed by atoms with E-state index in [1.54, 1.807) is 6.92 Å². The van der Waals surface area contributed by atoms with Crippen LogP contribution in [0.2, 0.25) is 0 Å². The second-order valence-electron chi connectivity index (χ2n) is 6.22. The Kier molecular flexibility index (Phi) is 6.25. The molecule has 1 N–H and O–H groups in total. The second kappa shape index (κ2) is 8.18. The summed E-state index contributed by atoms with van der Waals surface area (Å²) in [7, 11) is 0. The Labute approximate surface area is 133 Å². The molecule has 1 aliphatic rings. The molecule has 1 atom stereocenters. The molecule has 4 nitrogen and oxygen atoms in total. The van der Waals surface area contributed by atoms with Gasteiger partial charge in [0.25, 0.3) is 0 Å². The highest BCUT2D eigenvalue weighted by molar-refractivity contribution is 5.75. The molecule has 22 heavy (non-hydrogen) atoms. The van der Waals surface area contributed by atoms with Crippen molar-refractivity contribution < 1.29 is 14.3 Å². The van der Waals surface area contributed by atoms with Crippen LogP contribution in [0.3, 0.4) is 0 Å². The molecule has 1 aromatic rings. The van der Waals surface area contributed by atoms with E-state index in [2.05, 4.69) is 17.4 Å². The zero-order valence-corrected chi connectivity index (χ0v) is 13.9. The number of benzene rings is 1. The lowest BCUT2D eigenvalue weighted by Gasteiger charge is -2.24. The maximum atomic E-state index is 11.0. The molecular formula is C18H27NO3. The van der Waals surface area contributed by atoms with Crippen molar-refractivity contribution in [1.82, 2.24) is 5.32 Å². The molecule has 1 aromatic carbocycles. The molecule has 1 saturated heterocycles. The van der Waals surface area contributed by atoms with E-state index in [-0.39, 0.29) is 11.9 Å². The first-order valence-electron chi connectivity index (χ1n) is 8.20. The summed E-state index contributed by atoms with van der Waals surface area (Å²) in [6, 6.07) is 6.19.